The monoisotopic (exact) mass is 214 g/mol. The lowest BCUT2D eigenvalue weighted by Crippen LogP contribution is -2.24. The average Bonchev–Trinajstić information content (AvgIpc) is 2.29. The lowest BCUT2D eigenvalue weighted by atomic mass is 9.81. The Labute approximate surface area is 92.1 Å². The van der Waals surface area contributed by atoms with E-state index in [0.29, 0.717) is 13.2 Å². The van der Waals surface area contributed by atoms with Crippen molar-refractivity contribution in [3.05, 3.63) is 0 Å². The molecule has 15 heavy (non-hydrogen) atoms. The first kappa shape index (κ1) is 12.5. The zero-order chi connectivity index (χ0) is 11.1. The lowest BCUT2D eigenvalue weighted by molar-refractivity contribution is -0.151. The zero-order valence-electron chi connectivity index (χ0n) is 9.83. The Morgan fingerprint density at radius 2 is 1.87 bits per heavy atom. The van der Waals surface area contributed by atoms with Crippen LogP contribution in [0.4, 0.5) is 0 Å². The van der Waals surface area contributed by atoms with Crippen LogP contribution in [0.2, 0.25) is 0 Å². The highest BCUT2D eigenvalue weighted by Crippen LogP contribution is 2.31. The molecule has 3 heteroatoms. The molecule has 0 saturated heterocycles. The molecule has 1 aliphatic carbocycles. The van der Waals surface area contributed by atoms with Crippen molar-refractivity contribution in [2.75, 3.05) is 20.3 Å². The molecule has 1 fully saturated rings. The van der Waals surface area contributed by atoms with E-state index < -0.39 is 0 Å². The molecule has 88 valence electrons. The minimum atomic E-state index is -0.0263. The highest BCUT2D eigenvalue weighted by atomic mass is 16.6. The standard InChI is InChI=1S/C12H22O3/c1-3-10-4-6-11(7-5-10)12(13)15-9-8-14-2/h10-11H,3-9H2,1-2H3. The maximum atomic E-state index is 11.6. The van der Waals surface area contributed by atoms with Crippen molar-refractivity contribution in [3.63, 3.8) is 0 Å². The molecular weight excluding hydrogens is 192 g/mol. The van der Waals surface area contributed by atoms with Gasteiger partial charge in [0.2, 0.25) is 0 Å². The van der Waals surface area contributed by atoms with Crippen molar-refractivity contribution >= 4 is 5.97 Å². The SMILES string of the molecule is CCC1CCC(C(=O)OCCOC)CC1. The van der Waals surface area contributed by atoms with E-state index >= 15 is 0 Å². The van der Waals surface area contributed by atoms with Gasteiger partial charge in [-0.15, -0.1) is 0 Å². The Kier molecular flexibility index (Phi) is 5.69. The van der Waals surface area contributed by atoms with E-state index in [1.54, 1.807) is 7.11 Å². The van der Waals surface area contributed by atoms with Crippen LogP contribution in [0.15, 0.2) is 0 Å². The molecular formula is C12H22O3. The molecule has 0 atom stereocenters. The topological polar surface area (TPSA) is 35.5 Å². The van der Waals surface area contributed by atoms with Crippen LogP contribution < -0.4 is 0 Å². The molecule has 0 heterocycles. The third-order valence-electron chi connectivity index (χ3n) is 3.29. The van der Waals surface area contributed by atoms with Crippen LogP contribution in [0.3, 0.4) is 0 Å². The predicted molar refractivity (Wildman–Crippen MR) is 58.6 cm³/mol. The lowest BCUT2D eigenvalue weighted by Gasteiger charge is -2.26. The highest BCUT2D eigenvalue weighted by Gasteiger charge is 2.26. The van der Waals surface area contributed by atoms with Gasteiger partial charge >= 0.3 is 5.97 Å². The number of hydrogen-bond donors (Lipinski definition) is 0. The molecule has 0 aromatic heterocycles. The van der Waals surface area contributed by atoms with E-state index in [9.17, 15) is 4.79 Å². The summed E-state index contributed by atoms with van der Waals surface area (Å²) < 4.78 is 9.96. The van der Waals surface area contributed by atoms with E-state index in [0.717, 1.165) is 18.8 Å². The van der Waals surface area contributed by atoms with E-state index in [2.05, 4.69) is 6.92 Å². The maximum Gasteiger partial charge on any atom is 0.309 e. The number of ether oxygens (including phenoxy) is 2. The van der Waals surface area contributed by atoms with E-state index in [-0.39, 0.29) is 11.9 Å². The molecule has 1 aliphatic rings. The molecule has 0 aromatic carbocycles. The van der Waals surface area contributed by atoms with Gasteiger partial charge in [-0.3, -0.25) is 4.79 Å². The van der Waals surface area contributed by atoms with Gasteiger partial charge in [-0.2, -0.15) is 0 Å². The van der Waals surface area contributed by atoms with Crippen LogP contribution in [-0.2, 0) is 14.3 Å². The molecule has 0 aromatic rings. The third-order valence-corrected chi connectivity index (χ3v) is 3.29. The maximum absolute atomic E-state index is 11.6. The van der Waals surface area contributed by atoms with Crippen LogP contribution in [0, 0.1) is 11.8 Å². The van der Waals surface area contributed by atoms with Crippen molar-refractivity contribution in [2.24, 2.45) is 11.8 Å². The Balaban J connectivity index is 2.18. The van der Waals surface area contributed by atoms with Crippen molar-refractivity contribution < 1.29 is 14.3 Å². The van der Waals surface area contributed by atoms with Gasteiger partial charge in [0.05, 0.1) is 12.5 Å². The summed E-state index contributed by atoms with van der Waals surface area (Å²) in [5, 5.41) is 0. The Morgan fingerprint density at radius 3 is 2.40 bits per heavy atom. The summed E-state index contributed by atoms with van der Waals surface area (Å²) in [5.41, 5.74) is 0. The van der Waals surface area contributed by atoms with Gasteiger partial charge in [-0.25, -0.2) is 0 Å². The minimum absolute atomic E-state index is 0.0263. The van der Waals surface area contributed by atoms with Crippen molar-refractivity contribution in [1.29, 1.82) is 0 Å². The normalized spacial score (nSPS) is 26.3. The first-order chi connectivity index (χ1) is 7.27. The van der Waals surface area contributed by atoms with Gasteiger partial charge in [0.15, 0.2) is 0 Å². The van der Waals surface area contributed by atoms with E-state index in [4.69, 9.17) is 9.47 Å². The number of methoxy groups -OCH3 is 1. The van der Waals surface area contributed by atoms with Crippen LogP contribution in [0.25, 0.3) is 0 Å². The number of carbonyl (C=O) groups is 1. The molecule has 1 rings (SSSR count). The number of hydrogen-bond acceptors (Lipinski definition) is 3. The fraction of sp³-hybridized carbons (Fsp3) is 0.917. The van der Waals surface area contributed by atoms with Gasteiger partial charge in [0, 0.05) is 7.11 Å². The van der Waals surface area contributed by atoms with Gasteiger partial charge < -0.3 is 9.47 Å². The second-order valence-corrected chi connectivity index (χ2v) is 4.29. The van der Waals surface area contributed by atoms with E-state index in [1.165, 1.54) is 19.3 Å². The Morgan fingerprint density at radius 1 is 1.20 bits per heavy atom. The van der Waals surface area contributed by atoms with Crippen LogP contribution in [0.1, 0.15) is 39.0 Å². The molecule has 1 saturated carbocycles. The molecule has 3 nitrogen and oxygen atoms in total. The molecule has 0 amide bonds. The number of esters is 1. The summed E-state index contributed by atoms with van der Waals surface area (Å²) in [5.74, 6) is 0.944. The minimum Gasteiger partial charge on any atom is -0.463 e. The van der Waals surface area contributed by atoms with Crippen molar-refractivity contribution in [3.8, 4) is 0 Å². The summed E-state index contributed by atoms with van der Waals surface area (Å²) in [6.07, 6.45) is 5.61. The van der Waals surface area contributed by atoms with Crippen LogP contribution in [-0.4, -0.2) is 26.3 Å². The van der Waals surface area contributed by atoms with Crippen LogP contribution in [0.5, 0.6) is 0 Å². The summed E-state index contributed by atoms with van der Waals surface area (Å²) in [6.45, 7) is 3.11. The first-order valence-electron chi connectivity index (χ1n) is 5.93. The van der Waals surface area contributed by atoms with Gasteiger partial charge in [0.25, 0.3) is 0 Å². The summed E-state index contributed by atoms with van der Waals surface area (Å²) in [6, 6.07) is 0. The van der Waals surface area contributed by atoms with Crippen molar-refractivity contribution in [1.82, 2.24) is 0 Å². The van der Waals surface area contributed by atoms with E-state index in [1.807, 2.05) is 0 Å². The molecule has 0 unspecified atom stereocenters. The fourth-order valence-electron chi connectivity index (χ4n) is 2.15. The van der Waals surface area contributed by atoms with Gasteiger partial charge in [-0.1, -0.05) is 13.3 Å². The number of carbonyl (C=O) groups excluding carboxylic acids is 1. The predicted octanol–water partition coefficient (Wildman–Crippen LogP) is 2.39. The highest BCUT2D eigenvalue weighted by molar-refractivity contribution is 5.72. The van der Waals surface area contributed by atoms with Crippen LogP contribution >= 0.6 is 0 Å². The largest absolute Gasteiger partial charge is 0.463 e. The molecule has 0 spiro atoms. The summed E-state index contributed by atoms with van der Waals surface area (Å²) in [4.78, 5) is 11.6. The Hall–Kier alpha value is -0.570. The summed E-state index contributed by atoms with van der Waals surface area (Å²) >= 11 is 0. The molecule has 0 radical (unpaired) electrons. The second kappa shape index (κ2) is 6.83. The van der Waals surface area contributed by atoms with Crippen molar-refractivity contribution in [2.45, 2.75) is 39.0 Å². The second-order valence-electron chi connectivity index (χ2n) is 4.29. The molecule has 0 bridgehead atoms. The zero-order valence-corrected chi connectivity index (χ0v) is 9.83. The number of rotatable bonds is 5. The quantitative estimate of drug-likeness (QED) is 0.520. The fourth-order valence-corrected chi connectivity index (χ4v) is 2.15. The summed E-state index contributed by atoms with van der Waals surface area (Å²) in [7, 11) is 1.61. The first-order valence-corrected chi connectivity index (χ1v) is 5.93. The van der Waals surface area contributed by atoms with Gasteiger partial charge in [-0.05, 0) is 31.6 Å². The average molecular weight is 214 g/mol. The molecule has 0 N–H and O–H groups in total. The van der Waals surface area contributed by atoms with Gasteiger partial charge in [0.1, 0.15) is 6.61 Å². The molecule has 0 aliphatic heterocycles. The Bertz CT molecular complexity index is 183. The third kappa shape index (κ3) is 4.20. The smallest absolute Gasteiger partial charge is 0.309 e.